The van der Waals surface area contributed by atoms with Crippen molar-refractivity contribution in [1.29, 1.82) is 0 Å². The first-order chi connectivity index (χ1) is 13.9. The summed E-state index contributed by atoms with van der Waals surface area (Å²) in [6.45, 7) is 4.59. The monoisotopic (exact) mass is 410 g/mol. The van der Waals surface area contributed by atoms with Crippen LogP contribution in [-0.4, -0.2) is 37.1 Å². The minimum atomic E-state index is -0.243. The number of carbonyl (C=O) groups excluding carboxylic acids is 1. The minimum absolute atomic E-state index is 0.125. The second-order valence-electron chi connectivity index (χ2n) is 7.16. The molecule has 4 heterocycles. The molecule has 1 aliphatic rings. The van der Waals surface area contributed by atoms with Gasteiger partial charge in [0.1, 0.15) is 5.69 Å². The summed E-state index contributed by atoms with van der Waals surface area (Å²) in [5, 5.41) is 8.27. The summed E-state index contributed by atoms with van der Waals surface area (Å²) < 4.78 is 1.18. The van der Waals surface area contributed by atoms with Gasteiger partial charge in [0.25, 0.3) is 11.5 Å². The Labute approximate surface area is 172 Å². The van der Waals surface area contributed by atoms with Crippen LogP contribution in [0.25, 0.3) is 0 Å². The van der Waals surface area contributed by atoms with E-state index in [4.69, 9.17) is 4.98 Å². The Balaban J connectivity index is 1.61. The second-order valence-corrected chi connectivity index (χ2v) is 8.39. The average Bonchev–Trinajstić information content (AvgIpc) is 3.32. The van der Waals surface area contributed by atoms with E-state index in [-0.39, 0.29) is 23.2 Å². The summed E-state index contributed by atoms with van der Waals surface area (Å²) in [6.07, 6.45) is 3.56. The van der Waals surface area contributed by atoms with Gasteiger partial charge in [-0.25, -0.2) is 9.67 Å². The van der Waals surface area contributed by atoms with Crippen molar-refractivity contribution in [3.05, 3.63) is 62.8 Å². The maximum atomic E-state index is 13.1. The van der Waals surface area contributed by atoms with Crippen LogP contribution in [0.4, 0.5) is 10.8 Å². The van der Waals surface area contributed by atoms with Crippen LogP contribution in [0, 0.1) is 13.8 Å². The number of aryl methyl sites for hydroxylation is 3. The SMILES string of the molecule is Cc1cc(Nc2ncc(C)s2)cc([C@@H]2CCCN2C(=O)c2ccc(=O)n(C)n2)n1. The number of rotatable bonds is 4. The molecular weight excluding hydrogens is 388 g/mol. The predicted octanol–water partition coefficient (Wildman–Crippen LogP) is 2.97. The first-order valence-corrected chi connectivity index (χ1v) is 10.3. The van der Waals surface area contributed by atoms with Crippen molar-refractivity contribution in [2.75, 3.05) is 11.9 Å². The number of hydrogen-bond acceptors (Lipinski definition) is 7. The molecule has 9 heteroatoms. The van der Waals surface area contributed by atoms with E-state index in [9.17, 15) is 9.59 Å². The molecule has 3 aromatic rings. The van der Waals surface area contributed by atoms with Crippen LogP contribution in [0.2, 0.25) is 0 Å². The predicted molar refractivity (Wildman–Crippen MR) is 112 cm³/mol. The molecule has 3 aromatic heterocycles. The largest absolute Gasteiger partial charge is 0.331 e. The maximum Gasteiger partial charge on any atom is 0.274 e. The fourth-order valence-corrected chi connectivity index (χ4v) is 4.24. The zero-order valence-electron chi connectivity index (χ0n) is 16.5. The molecule has 1 saturated heterocycles. The highest BCUT2D eigenvalue weighted by atomic mass is 32.1. The summed E-state index contributed by atoms with van der Waals surface area (Å²) in [5.41, 5.74) is 2.65. The molecule has 4 rings (SSSR count). The minimum Gasteiger partial charge on any atom is -0.331 e. The van der Waals surface area contributed by atoms with Crippen LogP contribution in [0.15, 0.2) is 35.3 Å². The summed E-state index contributed by atoms with van der Waals surface area (Å²) >= 11 is 1.59. The van der Waals surface area contributed by atoms with E-state index < -0.39 is 0 Å². The Morgan fingerprint density at radius 3 is 2.83 bits per heavy atom. The van der Waals surface area contributed by atoms with Crippen LogP contribution < -0.4 is 10.9 Å². The standard InChI is InChI=1S/C20H22N6O2S/c1-12-9-14(23-20-21-11-13(2)29-20)10-16(22-12)17-5-4-8-26(17)19(28)15-6-7-18(27)25(3)24-15/h6-7,9-11,17H,4-5,8H2,1-3H3,(H,21,22,23)/t17-/m0/s1. The van der Waals surface area contributed by atoms with Crippen LogP contribution >= 0.6 is 11.3 Å². The van der Waals surface area contributed by atoms with Crippen molar-refractivity contribution in [1.82, 2.24) is 24.6 Å². The van der Waals surface area contributed by atoms with Crippen molar-refractivity contribution in [2.45, 2.75) is 32.7 Å². The maximum absolute atomic E-state index is 13.1. The van der Waals surface area contributed by atoms with Gasteiger partial charge in [-0.1, -0.05) is 0 Å². The Kier molecular flexibility index (Phi) is 5.14. The molecule has 1 N–H and O–H groups in total. The zero-order valence-corrected chi connectivity index (χ0v) is 17.4. The first kappa shape index (κ1) is 19.3. The number of thiazole rings is 1. The summed E-state index contributed by atoms with van der Waals surface area (Å²) in [5.74, 6) is -0.184. The molecule has 0 bridgehead atoms. The van der Waals surface area contributed by atoms with Gasteiger partial charge in [-0.2, -0.15) is 5.10 Å². The Hall–Kier alpha value is -3.07. The van der Waals surface area contributed by atoms with Crippen molar-refractivity contribution in [2.24, 2.45) is 7.05 Å². The van der Waals surface area contributed by atoms with Gasteiger partial charge in [-0.3, -0.25) is 14.6 Å². The summed E-state index contributed by atoms with van der Waals surface area (Å²) in [6, 6.07) is 6.68. The van der Waals surface area contributed by atoms with Gasteiger partial charge >= 0.3 is 0 Å². The molecule has 0 aromatic carbocycles. The van der Waals surface area contributed by atoms with E-state index in [1.165, 1.54) is 16.8 Å². The third kappa shape index (κ3) is 4.04. The average molecular weight is 411 g/mol. The van der Waals surface area contributed by atoms with Gasteiger partial charge in [0.2, 0.25) is 0 Å². The van der Waals surface area contributed by atoms with Gasteiger partial charge < -0.3 is 10.2 Å². The fraction of sp³-hybridized carbons (Fsp3) is 0.350. The van der Waals surface area contributed by atoms with E-state index in [0.29, 0.717) is 6.54 Å². The lowest BCUT2D eigenvalue weighted by atomic mass is 10.1. The molecule has 29 heavy (non-hydrogen) atoms. The summed E-state index contributed by atoms with van der Waals surface area (Å²) in [7, 11) is 1.54. The van der Waals surface area contributed by atoms with Crippen LogP contribution in [0.5, 0.6) is 0 Å². The third-order valence-corrected chi connectivity index (χ3v) is 5.71. The van der Waals surface area contributed by atoms with E-state index >= 15 is 0 Å². The molecule has 150 valence electrons. The number of pyridine rings is 1. The number of aromatic nitrogens is 4. The van der Waals surface area contributed by atoms with Gasteiger partial charge in [0.05, 0.1) is 11.7 Å². The lowest BCUT2D eigenvalue weighted by Gasteiger charge is -2.24. The number of hydrogen-bond donors (Lipinski definition) is 1. The van der Waals surface area contributed by atoms with Crippen molar-refractivity contribution in [3.8, 4) is 0 Å². The molecule has 1 amide bonds. The Bertz CT molecular complexity index is 1120. The van der Waals surface area contributed by atoms with Gasteiger partial charge in [-0.15, -0.1) is 11.3 Å². The Morgan fingerprint density at radius 2 is 2.10 bits per heavy atom. The highest BCUT2D eigenvalue weighted by molar-refractivity contribution is 7.15. The number of likely N-dealkylation sites (tertiary alicyclic amines) is 1. The topological polar surface area (TPSA) is 93.0 Å². The van der Waals surface area contributed by atoms with E-state index in [2.05, 4.69) is 15.4 Å². The molecule has 1 aliphatic heterocycles. The van der Waals surface area contributed by atoms with Gasteiger partial charge in [0, 0.05) is 42.1 Å². The smallest absolute Gasteiger partial charge is 0.274 e. The molecule has 0 unspecified atom stereocenters. The van der Waals surface area contributed by atoms with Gasteiger partial charge in [-0.05, 0) is 44.9 Å². The molecule has 8 nitrogen and oxygen atoms in total. The van der Waals surface area contributed by atoms with E-state index in [0.717, 1.165) is 39.9 Å². The van der Waals surface area contributed by atoms with Crippen LogP contribution in [0.1, 0.15) is 45.6 Å². The van der Waals surface area contributed by atoms with Crippen LogP contribution in [-0.2, 0) is 7.05 Å². The molecule has 0 radical (unpaired) electrons. The lowest BCUT2D eigenvalue weighted by Crippen LogP contribution is -2.33. The third-order valence-electron chi connectivity index (χ3n) is 4.88. The Morgan fingerprint density at radius 1 is 1.28 bits per heavy atom. The lowest BCUT2D eigenvalue weighted by molar-refractivity contribution is 0.0724. The quantitative estimate of drug-likeness (QED) is 0.711. The van der Waals surface area contributed by atoms with Crippen molar-refractivity contribution < 1.29 is 4.79 Å². The number of amides is 1. The highest BCUT2D eigenvalue weighted by Crippen LogP contribution is 2.34. The fourth-order valence-electron chi connectivity index (χ4n) is 3.55. The second kappa shape index (κ2) is 7.75. The number of nitrogens with zero attached hydrogens (tertiary/aromatic N) is 5. The summed E-state index contributed by atoms with van der Waals surface area (Å²) in [4.78, 5) is 36.6. The number of carbonyl (C=O) groups is 1. The molecule has 1 fully saturated rings. The van der Waals surface area contributed by atoms with Crippen molar-refractivity contribution >= 4 is 28.1 Å². The van der Waals surface area contributed by atoms with E-state index in [1.807, 2.05) is 32.2 Å². The van der Waals surface area contributed by atoms with Gasteiger partial charge in [0.15, 0.2) is 5.13 Å². The zero-order chi connectivity index (χ0) is 20.5. The number of anilines is 2. The highest BCUT2D eigenvalue weighted by Gasteiger charge is 2.32. The normalized spacial score (nSPS) is 16.2. The van der Waals surface area contributed by atoms with Crippen molar-refractivity contribution in [3.63, 3.8) is 0 Å². The van der Waals surface area contributed by atoms with E-state index in [1.54, 1.807) is 23.3 Å². The molecule has 0 aliphatic carbocycles. The molecule has 0 spiro atoms. The molecular formula is C20H22N6O2S. The number of nitrogens with one attached hydrogen (secondary N) is 1. The molecule has 1 atom stereocenters. The molecule has 0 saturated carbocycles. The van der Waals surface area contributed by atoms with Crippen LogP contribution in [0.3, 0.4) is 0 Å². The first-order valence-electron chi connectivity index (χ1n) is 9.44.